The number of carbonyl (C=O) groups excluding carboxylic acids is 2. The molecule has 2 amide bonds. The fourth-order valence-electron chi connectivity index (χ4n) is 2.31. The van der Waals surface area contributed by atoms with E-state index in [1.165, 1.54) is 0 Å². The summed E-state index contributed by atoms with van der Waals surface area (Å²) in [5.74, 6) is -0.0869. The Kier molecular flexibility index (Phi) is 4.77. The summed E-state index contributed by atoms with van der Waals surface area (Å²) in [5, 5.41) is 2.92. The van der Waals surface area contributed by atoms with Crippen molar-refractivity contribution < 1.29 is 9.59 Å². The Morgan fingerprint density at radius 2 is 1.90 bits per heavy atom. The van der Waals surface area contributed by atoms with Crippen LogP contribution in [0.4, 0.5) is 0 Å². The molecule has 4 heteroatoms. The molecule has 0 bridgehead atoms. The standard InChI is InChI=1S/C16H22N2O2/c1-3-12(2)17-15(19)13-7-6-8-14(11-13)16(20)18-9-4-5-10-18/h6-8,11-12H,3-5,9-10H2,1-2H3,(H,17,19). The number of benzene rings is 1. The van der Waals surface area contributed by atoms with Crippen LogP contribution in [-0.4, -0.2) is 35.8 Å². The molecule has 1 saturated heterocycles. The van der Waals surface area contributed by atoms with Crippen LogP contribution in [0.5, 0.6) is 0 Å². The lowest BCUT2D eigenvalue weighted by molar-refractivity contribution is 0.0793. The van der Waals surface area contributed by atoms with Crippen molar-refractivity contribution in [3.63, 3.8) is 0 Å². The van der Waals surface area contributed by atoms with Crippen LogP contribution >= 0.6 is 0 Å². The van der Waals surface area contributed by atoms with E-state index in [0.717, 1.165) is 32.4 Å². The lowest BCUT2D eigenvalue weighted by Crippen LogP contribution is -2.32. The van der Waals surface area contributed by atoms with Gasteiger partial charge in [0, 0.05) is 30.3 Å². The van der Waals surface area contributed by atoms with Gasteiger partial charge in [0.15, 0.2) is 0 Å². The van der Waals surface area contributed by atoms with Crippen molar-refractivity contribution in [2.45, 2.75) is 39.2 Å². The Morgan fingerprint density at radius 1 is 1.25 bits per heavy atom. The molecule has 1 unspecified atom stereocenters. The number of carbonyl (C=O) groups is 2. The van der Waals surface area contributed by atoms with Gasteiger partial charge in [0.05, 0.1) is 0 Å². The van der Waals surface area contributed by atoms with Gasteiger partial charge in [-0.15, -0.1) is 0 Å². The normalized spacial score (nSPS) is 16.0. The second-order valence-electron chi connectivity index (χ2n) is 5.36. The quantitative estimate of drug-likeness (QED) is 0.917. The highest BCUT2D eigenvalue weighted by Gasteiger charge is 2.20. The molecular formula is C16H22N2O2. The van der Waals surface area contributed by atoms with Crippen molar-refractivity contribution in [3.05, 3.63) is 35.4 Å². The first-order chi connectivity index (χ1) is 9.61. The van der Waals surface area contributed by atoms with Crippen molar-refractivity contribution in [2.75, 3.05) is 13.1 Å². The van der Waals surface area contributed by atoms with Crippen molar-refractivity contribution >= 4 is 11.8 Å². The van der Waals surface area contributed by atoms with Crippen LogP contribution in [0.15, 0.2) is 24.3 Å². The predicted molar refractivity (Wildman–Crippen MR) is 78.8 cm³/mol. The number of rotatable bonds is 4. The number of likely N-dealkylation sites (tertiary alicyclic amines) is 1. The number of nitrogens with one attached hydrogen (secondary N) is 1. The van der Waals surface area contributed by atoms with Crippen LogP contribution in [-0.2, 0) is 0 Å². The Bertz CT molecular complexity index is 493. The Labute approximate surface area is 120 Å². The second kappa shape index (κ2) is 6.55. The van der Waals surface area contributed by atoms with E-state index in [4.69, 9.17) is 0 Å². The van der Waals surface area contributed by atoms with Gasteiger partial charge in [-0.2, -0.15) is 0 Å². The fourth-order valence-corrected chi connectivity index (χ4v) is 2.31. The third kappa shape index (κ3) is 3.38. The molecule has 0 spiro atoms. The molecule has 1 N–H and O–H groups in total. The summed E-state index contributed by atoms with van der Waals surface area (Å²) in [5.41, 5.74) is 1.15. The van der Waals surface area contributed by atoms with Crippen LogP contribution in [0.1, 0.15) is 53.8 Å². The lowest BCUT2D eigenvalue weighted by Gasteiger charge is -2.16. The van der Waals surface area contributed by atoms with Gasteiger partial charge in [-0.05, 0) is 44.4 Å². The molecule has 1 aliphatic heterocycles. The van der Waals surface area contributed by atoms with E-state index in [1.54, 1.807) is 24.3 Å². The molecule has 0 saturated carbocycles. The minimum atomic E-state index is -0.115. The van der Waals surface area contributed by atoms with Gasteiger partial charge in [0.1, 0.15) is 0 Å². The minimum absolute atomic E-state index is 0.0284. The number of hydrogen-bond donors (Lipinski definition) is 1. The topological polar surface area (TPSA) is 49.4 Å². The summed E-state index contributed by atoms with van der Waals surface area (Å²) >= 11 is 0. The monoisotopic (exact) mass is 274 g/mol. The van der Waals surface area contributed by atoms with E-state index in [0.29, 0.717) is 11.1 Å². The first-order valence-corrected chi connectivity index (χ1v) is 7.32. The van der Waals surface area contributed by atoms with E-state index in [2.05, 4.69) is 5.32 Å². The maximum atomic E-state index is 12.3. The molecule has 0 aliphatic carbocycles. The molecule has 1 atom stereocenters. The summed E-state index contributed by atoms with van der Waals surface area (Å²) < 4.78 is 0. The first kappa shape index (κ1) is 14.6. The van der Waals surface area contributed by atoms with Crippen LogP contribution in [0.25, 0.3) is 0 Å². The highest BCUT2D eigenvalue weighted by Crippen LogP contribution is 2.14. The van der Waals surface area contributed by atoms with E-state index in [1.807, 2.05) is 18.7 Å². The molecule has 1 heterocycles. The average molecular weight is 274 g/mol. The maximum Gasteiger partial charge on any atom is 0.253 e. The third-order valence-corrected chi connectivity index (χ3v) is 3.75. The van der Waals surface area contributed by atoms with E-state index in [9.17, 15) is 9.59 Å². The fraction of sp³-hybridized carbons (Fsp3) is 0.500. The molecule has 4 nitrogen and oxygen atoms in total. The van der Waals surface area contributed by atoms with Crippen molar-refractivity contribution in [1.29, 1.82) is 0 Å². The first-order valence-electron chi connectivity index (χ1n) is 7.32. The van der Waals surface area contributed by atoms with Gasteiger partial charge in [0.25, 0.3) is 11.8 Å². The van der Waals surface area contributed by atoms with Crippen molar-refractivity contribution in [2.24, 2.45) is 0 Å². The molecule has 1 aliphatic rings. The molecule has 1 aromatic rings. The summed E-state index contributed by atoms with van der Waals surface area (Å²) in [4.78, 5) is 26.2. The Hall–Kier alpha value is -1.84. The number of hydrogen-bond acceptors (Lipinski definition) is 2. The molecule has 0 aromatic heterocycles. The highest BCUT2D eigenvalue weighted by molar-refractivity contribution is 5.99. The van der Waals surface area contributed by atoms with Gasteiger partial charge < -0.3 is 10.2 Å². The Morgan fingerprint density at radius 3 is 2.55 bits per heavy atom. The van der Waals surface area contributed by atoms with Gasteiger partial charge in [-0.25, -0.2) is 0 Å². The van der Waals surface area contributed by atoms with E-state index in [-0.39, 0.29) is 17.9 Å². The minimum Gasteiger partial charge on any atom is -0.350 e. The van der Waals surface area contributed by atoms with Crippen LogP contribution < -0.4 is 5.32 Å². The molecule has 108 valence electrons. The van der Waals surface area contributed by atoms with Crippen LogP contribution in [0.3, 0.4) is 0 Å². The van der Waals surface area contributed by atoms with Crippen LogP contribution in [0.2, 0.25) is 0 Å². The molecule has 2 rings (SSSR count). The summed E-state index contributed by atoms with van der Waals surface area (Å²) in [6.07, 6.45) is 3.03. The van der Waals surface area contributed by atoms with Crippen molar-refractivity contribution in [1.82, 2.24) is 10.2 Å². The summed E-state index contributed by atoms with van der Waals surface area (Å²) in [6.45, 7) is 5.64. The van der Waals surface area contributed by atoms with Crippen LogP contribution in [0, 0.1) is 0 Å². The zero-order valence-electron chi connectivity index (χ0n) is 12.2. The average Bonchev–Trinajstić information content (AvgIpc) is 3.00. The molecule has 1 aromatic carbocycles. The van der Waals surface area contributed by atoms with Gasteiger partial charge in [-0.3, -0.25) is 9.59 Å². The SMILES string of the molecule is CCC(C)NC(=O)c1cccc(C(=O)N2CCCC2)c1. The molecule has 0 radical (unpaired) electrons. The summed E-state index contributed by atoms with van der Waals surface area (Å²) in [6, 6.07) is 7.13. The number of nitrogens with zero attached hydrogens (tertiary/aromatic N) is 1. The summed E-state index contributed by atoms with van der Waals surface area (Å²) in [7, 11) is 0. The molecular weight excluding hydrogens is 252 g/mol. The van der Waals surface area contributed by atoms with Crippen molar-refractivity contribution in [3.8, 4) is 0 Å². The molecule has 20 heavy (non-hydrogen) atoms. The third-order valence-electron chi connectivity index (χ3n) is 3.75. The zero-order valence-corrected chi connectivity index (χ0v) is 12.2. The predicted octanol–water partition coefficient (Wildman–Crippen LogP) is 2.45. The lowest BCUT2D eigenvalue weighted by atomic mass is 10.1. The van der Waals surface area contributed by atoms with E-state index < -0.39 is 0 Å². The highest BCUT2D eigenvalue weighted by atomic mass is 16.2. The molecule has 1 fully saturated rings. The second-order valence-corrected chi connectivity index (χ2v) is 5.36. The zero-order chi connectivity index (χ0) is 14.5. The van der Waals surface area contributed by atoms with E-state index >= 15 is 0 Å². The smallest absolute Gasteiger partial charge is 0.253 e. The number of amides is 2. The largest absolute Gasteiger partial charge is 0.350 e. The van der Waals surface area contributed by atoms with Gasteiger partial charge in [0.2, 0.25) is 0 Å². The van der Waals surface area contributed by atoms with Gasteiger partial charge >= 0.3 is 0 Å². The Balaban J connectivity index is 2.11. The van der Waals surface area contributed by atoms with Gasteiger partial charge in [-0.1, -0.05) is 13.0 Å². The maximum absolute atomic E-state index is 12.3.